The molecule has 2 aliphatic carbocycles. The van der Waals surface area contributed by atoms with Crippen molar-refractivity contribution in [3.05, 3.63) is 0 Å². The van der Waals surface area contributed by atoms with Gasteiger partial charge in [0, 0.05) is 6.04 Å². The van der Waals surface area contributed by atoms with Gasteiger partial charge in [0.1, 0.15) is 0 Å². The molecule has 0 aromatic carbocycles. The van der Waals surface area contributed by atoms with Crippen LogP contribution in [0.3, 0.4) is 0 Å². The molecule has 0 bridgehead atoms. The van der Waals surface area contributed by atoms with Crippen molar-refractivity contribution in [2.24, 2.45) is 5.41 Å². The number of rotatable bonds is 1. The van der Waals surface area contributed by atoms with Gasteiger partial charge in [-0.1, -0.05) is 12.8 Å². The van der Waals surface area contributed by atoms with Crippen LogP contribution in [-0.4, -0.2) is 35.2 Å². The number of likely N-dealkylation sites (tertiary alicyclic amines) is 1. The Hall–Kier alpha value is -0.0800. The van der Waals surface area contributed by atoms with E-state index in [9.17, 15) is 5.11 Å². The Labute approximate surface area is 99.0 Å². The minimum Gasteiger partial charge on any atom is -0.391 e. The Kier molecular flexibility index (Phi) is 2.97. The summed E-state index contributed by atoms with van der Waals surface area (Å²) in [5, 5.41) is 9.96. The average Bonchev–Trinajstić information content (AvgIpc) is 2.90. The molecule has 3 rings (SSSR count). The Morgan fingerprint density at radius 2 is 1.56 bits per heavy atom. The molecule has 1 spiro atoms. The zero-order chi connectivity index (χ0) is 11.0. The fourth-order valence-electron chi connectivity index (χ4n) is 4.30. The third-order valence-electron chi connectivity index (χ3n) is 5.44. The highest BCUT2D eigenvalue weighted by atomic mass is 16.3. The molecule has 2 atom stereocenters. The Morgan fingerprint density at radius 3 is 2.12 bits per heavy atom. The van der Waals surface area contributed by atoms with E-state index >= 15 is 0 Å². The molecule has 3 fully saturated rings. The van der Waals surface area contributed by atoms with E-state index in [1.54, 1.807) is 0 Å². The summed E-state index contributed by atoms with van der Waals surface area (Å²) in [6.07, 6.45) is 12.2. The quantitative estimate of drug-likeness (QED) is 0.738. The van der Waals surface area contributed by atoms with Gasteiger partial charge in [-0.15, -0.1) is 0 Å². The van der Waals surface area contributed by atoms with Crippen LogP contribution in [-0.2, 0) is 0 Å². The van der Waals surface area contributed by atoms with Crippen LogP contribution in [0.4, 0.5) is 0 Å². The first kappa shape index (κ1) is 11.0. The number of aliphatic hydroxyl groups is 1. The van der Waals surface area contributed by atoms with Crippen molar-refractivity contribution in [3.63, 3.8) is 0 Å². The van der Waals surface area contributed by atoms with Gasteiger partial charge in [0.2, 0.25) is 0 Å². The minimum atomic E-state index is -0.0300. The van der Waals surface area contributed by atoms with Gasteiger partial charge in [0.15, 0.2) is 0 Å². The van der Waals surface area contributed by atoms with E-state index in [1.165, 1.54) is 64.5 Å². The molecule has 2 nitrogen and oxygen atoms in total. The van der Waals surface area contributed by atoms with Gasteiger partial charge >= 0.3 is 0 Å². The van der Waals surface area contributed by atoms with Crippen molar-refractivity contribution in [3.8, 4) is 0 Å². The van der Waals surface area contributed by atoms with Crippen LogP contribution >= 0.6 is 0 Å². The second-order valence-corrected chi connectivity index (χ2v) is 6.31. The molecular formula is C14H25NO. The first-order valence-electron chi connectivity index (χ1n) is 7.21. The third-order valence-corrected chi connectivity index (χ3v) is 5.44. The van der Waals surface area contributed by atoms with Crippen molar-refractivity contribution < 1.29 is 5.11 Å². The fourth-order valence-corrected chi connectivity index (χ4v) is 4.30. The second-order valence-electron chi connectivity index (χ2n) is 6.31. The van der Waals surface area contributed by atoms with Crippen LogP contribution in [0.15, 0.2) is 0 Å². The molecule has 16 heavy (non-hydrogen) atoms. The van der Waals surface area contributed by atoms with E-state index < -0.39 is 0 Å². The molecule has 1 aliphatic heterocycles. The van der Waals surface area contributed by atoms with Crippen molar-refractivity contribution in [1.82, 2.24) is 4.90 Å². The van der Waals surface area contributed by atoms with Crippen LogP contribution in [0.5, 0.6) is 0 Å². The smallest absolute Gasteiger partial charge is 0.0695 e. The van der Waals surface area contributed by atoms with Crippen LogP contribution in [0.2, 0.25) is 0 Å². The van der Waals surface area contributed by atoms with Gasteiger partial charge in [-0.2, -0.15) is 0 Å². The predicted octanol–water partition coefficient (Wildman–Crippen LogP) is 2.56. The summed E-state index contributed by atoms with van der Waals surface area (Å²) < 4.78 is 0. The Bertz CT molecular complexity index is 237. The molecule has 2 heteroatoms. The first-order valence-corrected chi connectivity index (χ1v) is 7.21. The fraction of sp³-hybridized carbons (Fsp3) is 1.00. The van der Waals surface area contributed by atoms with E-state index in [4.69, 9.17) is 0 Å². The number of nitrogens with zero attached hydrogens (tertiary/aromatic N) is 1. The van der Waals surface area contributed by atoms with E-state index in [2.05, 4.69) is 4.90 Å². The molecule has 1 saturated heterocycles. The largest absolute Gasteiger partial charge is 0.391 e. The maximum atomic E-state index is 9.96. The zero-order valence-electron chi connectivity index (χ0n) is 10.3. The molecule has 0 aromatic rings. The molecule has 0 amide bonds. The van der Waals surface area contributed by atoms with E-state index in [0.29, 0.717) is 6.04 Å². The van der Waals surface area contributed by atoms with Gasteiger partial charge in [0.05, 0.1) is 6.10 Å². The van der Waals surface area contributed by atoms with Crippen LogP contribution in [0, 0.1) is 5.41 Å². The van der Waals surface area contributed by atoms with E-state index in [0.717, 1.165) is 11.8 Å². The lowest BCUT2D eigenvalue weighted by Crippen LogP contribution is -2.47. The molecule has 1 heterocycles. The summed E-state index contributed by atoms with van der Waals surface area (Å²) in [6.45, 7) is 2.50. The molecule has 0 unspecified atom stereocenters. The van der Waals surface area contributed by atoms with Crippen LogP contribution in [0.1, 0.15) is 57.8 Å². The predicted molar refractivity (Wildman–Crippen MR) is 65.4 cm³/mol. The Morgan fingerprint density at radius 1 is 0.875 bits per heavy atom. The lowest BCUT2D eigenvalue weighted by atomic mass is 9.76. The first-order chi connectivity index (χ1) is 7.79. The molecular weight excluding hydrogens is 198 g/mol. The number of aliphatic hydroxyl groups excluding tert-OH is 1. The lowest BCUT2D eigenvalue weighted by Gasteiger charge is -2.42. The van der Waals surface area contributed by atoms with Crippen molar-refractivity contribution in [2.45, 2.75) is 69.9 Å². The second kappa shape index (κ2) is 4.30. The molecule has 1 N–H and O–H groups in total. The van der Waals surface area contributed by atoms with Crippen molar-refractivity contribution in [2.75, 3.05) is 13.1 Å². The SMILES string of the molecule is O[C@H]1CCC[C@@H]1N1CCC2(CCCC2)CC1. The summed E-state index contributed by atoms with van der Waals surface area (Å²) in [4.78, 5) is 2.58. The summed E-state index contributed by atoms with van der Waals surface area (Å²) in [5.41, 5.74) is 0.722. The van der Waals surface area contributed by atoms with Gasteiger partial charge in [-0.05, 0) is 63.5 Å². The van der Waals surface area contributed by atoms with Gasteiger partial charge in [-0.25, -0.2) is 0 Å². The lowest BCUT2D eigenvalue weighted by molar-refractivity contribution is 0.0246. The molecule has 2 saturated carbocycles. The Balaban J connectivity index is 1.57. The summed E-state index contributed by atoms with van der Waals surface area (Å²) in [6, 6.07) is 0.499. The standard InChI is InChI=1S/C14H25NO/c16-13-5-3-4-12(13)15-10-8-14(9-11-15)6-1-2-7-14/h12-13,16H,1-11H2/t12-,13-/m0/s1. The third kappa shape index (κ3) is 1.91. The monoisotopic (exact) mass is 223 g/mol. The molecule has 0 radical (unpaired) electrons. The molecule has 92 valence electrons. The maximum absolute atomic E-state index is 9.96. The maximum Gasteiger partial charge on any atom is 0.0695 e. The number of hydrogen-bond donors (Lipinski definition) is 1. The van der Waals surface area contributed by atoms with Crippen molar-refractivity contribution in [1.29, 1.82) is 0 Å². The molecule has 3 aliphatic rings. The van der Waals surface area contributed by atoms with Gasteiger partial charge in [0.25, 0.3) is 0 Å². The summed E-state index contributed by atoms with van der Waals surface area (Å²) >= 11 is 0. The topological polar surface area (TPSA) is 23.5 Å². The number of piperidine rings is 1. The highest BCUT2D eigenvalue weighted by molar-refractivity contribution is 4.94. The van der Waals surface area contributed by atoms with Crippen LogP contribution < -0.4 is 0 Å². The minimum absolute atomic E-state index is 0.0300. The van der Waals surface area contributed by atoms with E-state index in [-0.39, 0.29) is 6.10 Å². The summed E-state index contributed by atoms with van der Waals surface area (Å²) in [5.74, 6) is 0. The number of hydrogen-bond acceptors (Lipinski definition) is 2. The highest BCUT2D eigenvalue weighted by Crippen LogP contribution is 2.46. The zero-order valence-corrected chi connectivity index (χ0v) is 10.3. The highest BCUT2D eigenvalue weighted by Gasteiger charge is 2.40. The average molecular weight is 223 g/mol. The van der Waals surface area contributed by atoms with Gasteiger partial charge < -0.3 is 5.11 Å². The van der Waals surface area contributed by atoms with Crippen molar-refractivity contribution >= 4 is 0 Å². The normalized spacial score (nSPS) is 39.6. The van der Waals surface area contributed by atoms with Gasteiger partial charge in [-0.3, -0.25) is 4.90 Å². The summed E-state index contributed by atoms with van der Waals surface area (Å²) in [7, 11) is 0. The van der Waals surface area contributed by atoms with Crippen LogP contribution in [0.25, 0.3) is 0 Å². The molecule has 0 aromatic heterocycles. The van der Waals surface area contributed by atoms with E-state index in [1.807, 2.05) is 0 Å².